The van der Waals surface area contributed by atoms with Crippen molar-refractivity contribution in [2.24, 2.45) is 5.41 Å². The van der Waals surface area contributed by atoms with Crippen molar-refractivity contribution in [3.8, 4) is 5.75 Å². The number of rotatable bonds is 5. The average molecular weight is 354 g/mol. The molecule has 1 heterocycles. The third kappa shape index (κ3) is 3.61. The quantitative estimate of drug-likeness (QED) is 0.792. The molecule has 0 saturated carbocycles. The first-order valence-corrected chi connectivity index (χ1v) is 8.16. The van der Waals surface area contributed by atoms with E-state index in [9.17, 15) is 0 Å². The Kier molecular flexibility index (Phi) is 4.99. The molecule has 0 spiro atoms. The maximum atomic E-state index is 6.12. The van der Waals surface area contributed by atoms with Crippen molar-refractivity contribution in [1.29, 1.82) is 0 Å². The highest BCUT2D eigenvalue weighted by Gasteiger charge is 2.29. The van der Waals surface area contributed by atoms with E-state index in [2.05, 4.69) is 55.0 Å². The van der Waals surface area contributed by atoms with Gasteiger partial charge in [-0.3, -0.25) is 0 Å². The number of benzene rings is 1. The van der Waals surface area contributed by atoms with E-state index in [0.29, 0.717) is 0 Å². The number of hydrogen-bond acceptors (Lipinski definition) is 3. The first-order chi connectivity index (χ1) is 9.86. The Labute approximate surface area is 135 Å². The molecule has 2 rings (SSSR count). The fraction of sp³-hybridized carbons (Fsp3) is 0.529. The Hall–Kier alpha value is -1.00. The van der Waals surface area contributed by atoms with Gasteiger partial charge in [-0.15, -0.1) is 0 Å². The smallest absolute Gasteiger partial charge is 0.148 e. The van der Waals surface area contributed by atoms with E-state index in [-0.39, 0.29) is 11.5 Å². The number of fused-ring (bicyclic) bond motifs is 1. The van der Waals surface area contributed by atoms with Gasteiger partial charge in [-0.05, 0) is 52.5 Å². The van der Waals surface area contributed by atoms with Gasteiger partial charge in [0.15, 0.2) is 0 Å². The maximum Gasteiger partial charge on any atom is 0.148 e. The molecule has 0 aliphatic rings. The first kappa shape index (κ1) is 16.4. The molecular weight excluding hydrogens is 330 g/mol. The second kappa shape index (κ2) is 6.41. The minimum absolute atomic E-state index is 0.0829. The second-order valence-corrected chi connectivity index (χ2v) is 7.28. The minimum Gasteiger partial charge on any atom is -0.497 e. The summed E-state index contributed by atoms with van der Waals surface area (Å²) in [4.78, 5) is 0. The van der Waals surface area contributed by atoms with Gasteiger partial charge in [0.25, 0.3) is 0 Å². The van der Waals surface area contributed by atoms with Gasteiger partial charge in [0.2, 0.25) is 0 Å². The van der Waals surface area contributed by atoms with Crippen molar-refractivity contribution in [1.82, 2.24) is 5.32 Å². The standard InChI is InChI=1S/C17H24BrNO2/c1-6-7-19-16(17(2,3)4)14-9-11-8-12(20-5)10-13(18)15(11)21-14/h8-10,16,19H,6-7H2,1-5H3. The number of ether oxygens (including phenoxy) is 1. The van der Waals surface area contributed by atoms with Crippen LogP contribution in [0.25, 0.3) is 11.0 Å². The van der Waals surface area contributed by atoms with Crippen LogP contribution in [0.4, 0.5) is 0 Å². The highest BCUT2D eigenvalue weighted by Crippen LogP contribution is 2.38. The molecule has 21 heavy (non-hydrogen) atoms. The van der Waals surface area contributed by atoms with E-state index in [0.717, 1.165) is 39.9 Å². The summed E-state index contributed by atoms with van der Waals surface area (Å²) in [7, 11) is 1.68. The summed E-state index contributed by atoms with van der Waals surface area (Å²) >= 11 is 3.56. The molecule has 0 amide bonds. The monoisotopic (exact) mass is 353 g/mol. The predicted molar refractivity (Wildman–Crippen MR) is 91.0 cm³/mol. The van der Waals surface area contributed by atoms with E-state index in [4.69, 9.17) is 9.15 Å². The van der Waals surface area contributed by atoms with Gasteiger partial charge in [-0.25, -0.2) is 0 Å². The summed E-state index contributed by atoms with van der Waals surface area (Å²) < 4.78 is 12.4. The minimum atomic E-state index is 0.0829. The molecule has 4 heteroatoms. The van der Waals surface area contributed by atoms with E-state index in [1.165, 1.54) is 0 Å². The molecule has 0 aliphatic carbocycles. The summed E-state index contributed by atoms with van der Waals surface area (Å²) in [6.07, 6.45) is 1.10. The summed E-state index contributed by atoms with van der Waals surface area (Å²) in [6.45, 7) is 9.83. The van der Waals surface area contributed by atoms with Gasteiger partial charge in [-0.1, -0.05) is 27.7 Å². The molecule has 0 bridgehead atoms. The highest BCUT2D eigenvalue weighted by atomic mass is 79.9. The molecule has 1 atom stereocenters. The fourth-order valence-electron chi connectivity index (χ4n) is 2.49. The summed E-state index contributed by atoms with van der Waals surface area (Å²) in [6, 6.07) is 6.23. The molecule has 3 nitrogen and oxygen atoms in total. The summed E-state index contributed by atoms with van der Waals surface area (Å²) in [5.41, 5.74) is 0.956. The number of methoxy groups -OCH3 is 1. The fourth-order valence-corrected chi connectivity index (χ4v) is 3.02. The lowest BCUT2D eigenvalue weighted by molar-refractivity contribution is 0.241. The van der Waals surface area contributed by atoms with Gasteiger partial charge < -0.3 is 14.5 Å². The molecule has 1 aromatic heterocycles. The normalized spacial score (nSPS) is 13.6. The van der Waals surface area contributed by atoms with Crippen LogP contribution < -0.4 is 10.1 Å². The lowest BCUT2D eigenvalue weighted by atomic mass is 9.85. The zero-order valence-electron chi connectivity index (χ0n) is 13.4. The number of halogens is 1. The number of hydrogen-bond donors (Lipinski definition) is 1. The molecule has 1 aromatic carbocycles. The maximum absolute atomic E-state index is 6.12. The van der Waals surface area contributed by atoms with Crippen LogP contribution in [-0.4, -0.2) is 13.7 Å². The molecule has 2 aromatic rings. The van der Waals surface area contributed by atoms with Crippen LogP contribution in [0.2, 0.25) is 0 Å². The van der Waals surface area contributed by atoms with Crippen LogP contribution in [0.5, 0.6) is 5.75 Å². The summed E-state index contributed by atoms with van der Waals surface area (Å²) in [5.74, 6) is 1.80. The number of furan rings is 1. The van der Waals surface area contributed by atoms with E-state index in [1.807, 2.05) is 12.1 Å². The molecule has 0 saturated heterocycles. The molecule has 1 N–H and O–H groups in total. The molecule has 116 valence electrons. The molecular formula is C17H24BrNO2. The predicted octanol–water partition coefficient (Wildman–Crippen LogP) is 5.29. The van der Waals surface area contributed by atoms with Crippen molar-refractivity contribution in [2.45, 2.75) is 40.2 Å². The third-order valence-corrected chi connectivity index (χ3v) is 4.14. The van der Waals surface area contributed by atoms with Crippen molar-refractivity contribution in [3.05, 3.63) is 28.4 Å². The van der Waals surface area contributed by atoms with Crippen LogP contribution in [0, 0.1) is 5.41 Å². The molecule has 0 fully saturated rings. The number of nitrogens with one attached hydrogen (secondary N) is 1. The van der Waals surface area contributed by atoms with Crippen molar-refractivity contribution >= 4 is 26.9 Å². The highest BCUT2D eigenvalue weighted by molar-refractivity contribution is 9.10. The topological polar surface area (TPSA) is 34.4 Å². The van der Waals surface area contributed by atoms with Crippen LogP contribution in [0.3, 0.4) is 0 Å². The van der Waals surface area contributed by atoms with Gasteiger partial charge in [0.1, 0.15) is 17.1 Å². The second-order valence-electron chi connectivity index (χ2n) is 6.43. The lowest BCUT2D eigenvalue weighted by Gasteiger charge is -2.30. The Balaban J connectivity index is 2.46. The van der Waals surface area contributed by atoms with Crippen LogP contribution in [0.15, 0.2) is 27.1 Å². The van der Waals surface area contributed by atoms with E-state index in [1.54, 1.807) is 7.11 Å². The van der Waals surface area contributed by atoms with Crippen LogP contribution in [-0.2, 0) is 0 Å². The Morgan fingerprint density at radius 3 is 2.57 bits per heavy atom. The van der Waals surface area contributed by atoms with Gasteiger partial charge in [0, 0.05) is 5.39 Å². The van der Waals surface area contributed by atoms with E-state index < -0.39 is 0 Å². The Morgan fingerprint density at radius 2 is 2.00 bits per heavy atom. The zero-order chi connectivity index (χ0) is 15.6. The Morgan fingerprint density at radius 1 is 1.29 bits per heavy atom. The Bertz CT molecular complexity index is 613. The third-order valence-electron chi connectivity index (χ3n) is 3.55. The van der Waals surface area contributed by atoms with Crippen molar-refractivity contribution in [3.63, 3.8) is 0 Å². The van der Waals surface area contributed by atoms with Crippen LogP contribution in [0.1, 0.15) is 45.9 Å². The molecule has 1 unspecified atom stereocenters. The van der Waals surface area contributed by atoms with Gasteiger partial charge in [0.05, 0.1) is 17.6 Å². The van der Waals surface area contributed by atoms with Crippen LogP contribution >= 0.6 is 15.9 Å². The van der Waals surface area contributed by atoms with Gasteiger partial charge in [-0.2, -0.15) is 0 Å². The zero-order valence-corrected chi connectivity index (χ0v) is 15.0. The first-order valence-electron chi connectivity index (χ1n) is 7.37. The van der Waals surface area contributed by atoms with Gasteiger partial charge >= 0.3 is 0 Å². The summed E-state index contributed by atoms with van der Waals surface area (Å²) in [5, 5.41) is 4.65. The molecule has 0 aliphatic heterocycles. The van der Waals surface area contributed by atoms with E-state index >= 15 is 0 Å². The lowest BCUT2D eigenvalue weighted by Crippen LogP contribution is -2.32. The van der Waals surface area contributed by atoms with Crippen molar-refractivity contribution in [2.75, 3.05) is 13.7 Å². The SMILES string of the molecule is CCCNC(c1cc2cc(OC)cc(Br)c2o1)C(C)(C)C. The largest absolute Gasteiger partial charge is 0.497 e. The average Bonchev–Trinajstić information content (AvgIpc) is 2.81. The molecule has 0 radical (unpaired) electrons. The van der Waals surface area contributed by atoms with Crippen molar-refractivity contribution < 1.29 is 9.15 Å².